The number of para-hydroxylation sites is 1. The zero-order chi connectivity index (χ0) is 15.5. The van der Waals surface area contributed by atoms with Gasteiger partial charge in [-0.3, -0.25) is 0 Å². The molecule has 1 atom stereocenters. The van der Waals surface area contributed by atoms with E-state index >= 15 is 0 Å². The molecule has 0 aliphatic carbocycles. The van der Waals surface area contributed by atoms with Crippen molar-refractivity contribution >= 4 is 5.69 Å². The average molecular weight is 282 g/mol. The van der Waals surface area contributed by atoms with Gasteiger partial charge in [0, 0.05) is 18.4 Å². The number of nitrogens with one attached hydrogen (secondary N) is 1. The zero-order valence-corrected chi connectivity index (χ0v) is 13.1. The Hall–Kier alpha value is -2.22. The molecule has 1 rings (SSSR count). The lowest BCUT2D eigenvalue weighted by Gasteiger charge is -2.33. The number of anilines is 1. The Kier molecular flexibility index (Phi) is 7.73. The predicted octanol–water partition coefficient (Wildman–Crippen LogP) is 4.65. The second kappa shape index (κ2) is 9.65. The second-order valence-corrected chi connectivity index (χ2v) is 4.68. The van der Waals surface area contributed by atoms with Gasteiger partial charge in [-0.05, 0) is 37.3 Å². The Morgan fingerprint density at radius 3 is 2.52 bits per heavy atom. The highest BCUT2D eigenvalue weighted by Gasteiger charge is 2.17. The Morgan fingerprint density at radius 2 is 2.00 bits per heavy atom. The first-order valence-corrected chi connectivity index (χ1v) is 7.39. The summed E-state index contributed by atoms with van der Waals surface area (Å²) in [6.45, 7) is 10.0. The second-order valence-electron chi connectivity index (χ2n) is 4.68. The summed E-state index contributed by atoms with van der Waals surface area (Å²) in [6, 6.07) is 10.6. The van der Waals surface area contributed by atoms with E-state index in [9.17, 15) is 0 Å². The van der Waals surface area contributed by atoms with Crippen LogP contribution < -0.4 is 10.2 Å². The van der Waals surface area contributed by atoms with Crippen LogP contribution in [0.2, 0.25) is 0 Å². The maximum absolute atomic E-state index is 4.01. The lowest BCUT2D eigenvalue weighted by Crippen LogP contribution is -2.32. The number of nitrogens with zero attached hydrogens (tertiary/aromatic N) is 1. The third-order valence-electron chi connectivity index (χ3n) is 3.28. The highest BCUT2D eigenvalue weighted by atomic mass is 15.2. The first-order chi connectivity index (χ1) is 10.3. The van der Waals surface area contributed by atoms with E-state index in [4.69, 9.17) is 0 Å². The summed E-state index contributed by atoms with van der Waals surface area (Å²) < 4.78 is 0. The maximum Gasteiger partial charge on any atom is 0.0551 e. The molecule has 1 unspecified atom stereocenters. The summed E-state index contributed by atoms with van der Waals surface area (Å²) in [5.74, 6) is 0. The lowest BCUT2D eigenvalue weighted by atomic mass is 10.1. The molecule has 0 heterocycles. The molecule has 0 aliphatic heterocycles. The molecule has 2 heteroatoms. The fourth-order valence-electron chi connectivity index (χ4n) is 2.30. The lowest BCUT2D eigenvalue weighted by molar-refractivity contribution is 0.738. The molecule has 0 fully saturated rings. The molecule has 0 bridgehead atoms. The highest BCUT2D eigenvalue weighted by Crippen LogP contribution is 2.26. The third-order valence-corrected chi connectivity index (χ3v) is 3.28. The van der Waals surface area contributed by atoms with Crippen molar-refractivity contribution in [3.63, 3.8) is 0 Å². The standard InChI is InChI=1S/C19H26N2/c1-5-12-17(6-2)21(19-13-9-8-10-14-19)18(7-3)15-11-16-20-4/h5,7-14,16,18,20H,1,3,6,15H2,2,4H3/b16-11+,17-12+. The smallest absolute Gasteiger partial charge is 0.0551 e. The van der Waals surface area contributed by atoms with Crippen LogP contribution in [-0.4, -0.2) is 13.1 Å². The molecule has 0 saturated heterocycles. The summed E-state index contributed by atoms with van der Waals surface area (Å²) in [5.41, 5.74) is 2.41. The summed E-state index contributed by atoms with van der Waals surface area (Å²) in [5, 5.41) is 3.03. The van der Waals surface area contributed by atoms with E-state index in [1.165, 1.54) is 11.4 Å². The fourth-order valence-corrected chi connectivity index (χ4v) is 2.30. The van der Waals surface area contributed by atoms with Gasteiger partial charge in [0.15, 0.2) is 0 Å². The minimum absolute atomic E-state index is 0.211. The minimum Gasteiger partial charge on any atom is -0.394 e. The van der Waals surface area contributed by atoms with E-state index in [0.29, 0.717) is 0 Å². The van der Waals surface area contributed by atoms with Crippen molar-refractivity contribution in [1.82, 2.24) is 5.32 Å². The maximum atomic E-state index is 4.01. The number of hydrogen-bond acceptors (Lipinski definition) is 2. The molecule has 0 saturated carbocycles. The largest absolute Gasteiger partial charge is 0.394 e. The molecule has 1 N–H and O–H groups in total. The molecular weight excluding hydrogens is 256 g/mol. The Morgan fingerprint density at radius 1 is 1.29 bits per heavy atom. The number of allylic oxidation sites excluding steroid dienone is 3. The van der Waals surface area contributed by atoms with E-state index in [0.717, 1.165) is 12.8 Å². The zero-order valence-electron chi connectivity index (χ0n) is 13.1. The van der Waals surface area contributed by atoms with Crippen molar-refractivity contribution in [1.29, 1.82) is 0 Å². The topological polar surface area (TPSA) is 15.3 Å². The van der Waals surface area contributed by atoms with Gasteiger partial charge in [0.25, 0.3) is 0 Å². The SMILES string of the molecule is C=C/C=C(\CC)N(c1ccccc1)C(C=C)C/C=C/NC. The normalized spacial score (nSPS) is 13.0. The van der Waals surface area contributed by atoms with E-state index < -0.39 is 0 Å². The molecule has 1 aromatic carbocycles. The van der Waals surface area contributed by atoms with Gasteiger partial charge in [-0.15, -0.1) is 6.58 Å². The van der Waals surface area contributed by atoms with Crippen LogP contribution in [0.1, 0.15) is 19.8 Å². The summed E-state index contributed by atoms with van der Waals surface area (Å²) in [4.78, 5) is 2.33. The Balaban J connectivity index is 3.16. The fraction of sp³-hybridized carbons (Fsp3) is 0.263. The van der Waals surface area contributed by atoms with Crippen LogP contribution >= 0.6 is 0 Å². The van der Waals surface area contributed by atoms with Crippen molar-refractivity contribution in [2.45, 2.75) is 25.8 Å². The van der Waals surface area contributed by atoms with Gasteiger partial charge in [-0.1, -0.05) is 49.9 Å². The highest BCUT2D eigenvalue weighted by molar-refractivity contribution is 5.54. The monoisotopic (exact) mass is 282 g/mol. The van der Waals surface area contributed by atoms with E-state index in [1.54, 1.807) is 0 Å². The van der Waals surface area contributed by atoms with Gasteiger partial charge >= 0.3 is 0 Å². The van der Waals surface area contributed by atoms with Gasteiger partial charge in [0.1, 0.15) is 0 Å². The molecule has 1 aromatic rings. The van der Waals surface area contributed by atoms with Gasteiger partial charge in [-0.25, -0.2) is 0 Å². The molecule has 0 amide bonds. The molecule has 0 spiro atoms. The molecule has 112 valence electrons. The molecule has 0 aliphatic rings. The quantitative estimate of drug-likeness (QED) is 0.524. The van der Waals surface area contributed by atoms with Crippen LogP contribution in [0.5, 0.6) is 0 Å². The minimum atomic E-state index is 0.211. The van der Waals surface area contributed by atoms with Crippen molar-refractivity contribution < 1.29 is 0 Å². The number of hydrogen-bond donors (Lipinski definition) is 1. The van der Waals surface area contributed by atoms with Crippen LogP contribution in [0.25, 0.3) is 0 Å². The van der Waals surface area contributed by atoms with Crippen LogP contribution in [0.3, 0.4) is 0 Å². The van der Waals surface area contributed by atoms with Crippen molar-refractivity contribution in [2.24, 2.45) is 0 Å². The molecule has 0 aromatic heterocycles. The van der Waals surface area contributed by atoms with Crippen LogP contribution in [-0.2, 0) is 0 Å². The van der Waals surface area contributed by atoms with Crippen molar-refractivity contribution in [3.8, 4) is 0 Å². The van der Waals surface area contributed by atoms with Crippen LogP contribution in [0.15, 0.2) is 79.7 Å². The van der Waals surface area contributed by atoms with E-state index in [1.807, 2.05) is 31.5 Å². The number of benzene rings is 1. The Labute approximate surface area is 129 Å². The molecule has 2 nitrogen and oxygen atoms in total. The van der Waals surface area contributed by atoms with Gasteiger partial charge in [0.2, 0.25) is 0 Å². The first-order valence-electron chi connectivity index (χ1n) is 7.39. The van der Waals surface area contributed by atoms with Gasteiger partial charge < -0.3 is 10.2 Å². The number of rotatable bonds is 9. The Bertz CT molecular complexity index is 486. The van der Waals surface area contributed by atoms with Gasteiger partial charge in [0.05, 0.1) is 6.04 Å². The van der Waals surface area contributed by atoms with Crippen molar-refractivity contribution in [2.75, 3.05) is 11.9 Å². The summed E-state index contributed by atoms with van der Waals surface area (Å²) in [7, 11) is 1.91. The average Bonchev–Trinajstić information content (AvgIpc) is 2.53. The molecule has 21 heavy (non-hydrogen) atoms. The summed E-state index contributed by atoms with van der Waals surface area (Å²) >= 11 is 0. The third kappa shape index (κ3) is 4.99. The van der Waals surface area contributed by atoms with Crippen LogP contribution in [0.4, 0.5) is 5.69 Å². The first kappa shape index (κ1) is 16.8. The van der Waals surface area contributed by atoms with Gasteiger partial charge in [-0.2, -0.15) is 0 Å². The van der Waals surface area contributed by atoms with Crippen molar-refractivity contribution in [3.05, 3.63) is 79.7 Å². The van der Waals surface area contributed by atoms with Crippen LogP contribution in [0, 0.1) is 0 Å². The summed E-state index contributed by atoms with van der Waals surface area (Å²) in [6.07, 6.45) is 11.9. The molecule has 0 radical (unpaired) electrons. The van der Waals surface area contributed by atoms with E-state index in [2.05, 4.69) is 66.7 Å². The molecular formula is C19H26N2. The van der Waals surface area contributed by atoms with E-state index in [-0.39, 0.29) is 6.04 Å². The predicted molar refractivity (Wildman–Crippen MR) is 94.3 cm³/mol.